The zero-order valence-corrected chi connectivity index (χ0v) is 16.2. The Morgan fingerprint density at radius 1 is 1.22 bits per heavy atom. The largest absolute Gasteiger partial charge is 0.573 e. The molecule has 0 spiro atoms. The molecule has 0 saturated heterocycles. The summed E-state index contributed by atoms with van der Waals surface area (Å²) in [5.74, 6) is -0.0707. The summed E-state index contributed by atoms with van der Waals surface area (Å²) < 4.78 is 45.1. The van der Waals surface area contributed by atoms with Crippen LogP contribution in [0, 0.1) is 11.3 Å². The Morgan fingerprint density at radius 2 is 2.06 bits per heavy atom. The minimum Gasteiger partial charge on any atom is -0.403 e. The van der Waals surface area contributed by atoms with E-state index in [9.17, 15) is 18.4 Å². The highest BCUT2D eigenvalue weighted by Gasteiger charge is 2.32. The van der Waals surface area contributed by atoms with E-state index in [1.54, 1.807) is 6.07 Å². The average molecular weight is 441 g/mol. The first-order valence-corrected chi connectivity index (χ1v) is 9.47. The van der Waals surface area contributed by atoms with Crippen LogP contribution in [0.25, 0.3) is 11.3 Å². The molecule has 0 bridgehead atoms. The molecule has 0 amide bonds. The van der Waals surface area contributed by atoms with Crippen molar-refractivity contribution in [1.29, 1.82) is 5.26 Å². The second kappa shape index (κ2) is 7.41. The van der Waals surface area contributed by atoms with Crippen LogP contribution in [-0.2, 0) is 0 Å². The molecule has 1 aromatic carbocycles. The van der Waals surface area contributed by atoms with E-state index < -0.39 is 12.1 Å². The Bertz CT molecular complexity index is 1320. The Kier molecular flexibility index (Phi) is 4.54. The van der Waals surface area contributed by atoms with Crippen LogP contribution in [0.15, 0.2) is 43.1 Å². The van der Waals surface area contributed by atoms with E-state index in [0.717, 1.165) is 17.5 Å². The van der Waals surface area contributed by atoms with Crippen molar-refractivity contribution in [1.82, 2.24) is 29.4 Å². The molecule has 0 radical (unpaired) electrons. The fourth-order valence-corrected chi connectivity index (χ4v) is 3.13. The molecule has 1 saturated carbocycles. The monoisotopic (exact) mass is 441 g/mol. The first-order valence-electron chi connectivity index (χ1n) is 9.47. The van der Waals surface area contributed by atoms with Crippen LogP contribution in [0.3, 0.4) is 0 Å². The van der Waals surface area contributed by atoms with Crippen LogP contribution in [0.2, 0.25) is 0 Å². The van der Waals surface area contributed by atoms with E-state index in [2.05, 4.69) is 35.5 Å². The molecule has 13 heteroatoms. The highest BCUT2D eigenvalue weighted by molar-refractivity contribution is 5.74. The minimum atomic E-state index is -4.87. The molecular formula is C19H14F3N9O. The van der Waals surface area contributed by atoms with Gasteiger partial charge in [0, 0.05) is 17.8 Å². The Morgan fingerprint density at radius 3 is 2.75 bits per heavy atom. The van der Waals surface area contributed by atoms with Crippen LogP contribution in [0.1, 0.15) is 18.5 Å². The number of benzene rings is 1. The molecule has 3 heterocycles. The molecule has 3 aromatic heterocycles. The molecule has 10 nitrogen and oxygen atoms in total. The number of aromatic nitrogens is 6. The van der Waals surface area contributed by atoms with Crippen molar-refractivity contribution in [3.05, 3.63) is 48.8 Å². The number of nitrogens with one attached hydrogen (secondary N) is 2. The van der Waals surface area contributed by atoms with Gasteiger partial charge in [-0.1, -0.05) is 0 Å². The van der Waals surface area contributed by atoms with Gasteiger partial charge >= 0.3 is 6.36 Å². The Hall–Kier alpha value is -4.34. The summed E-state index contributed by atoms with van der Waals surface area (Å²) in [5, 5.41) is 24.0. The van der Waals surface area contributed by atoms with E-state index in [0.29, 0.717) is 28.9 Å². The van der Waals surface area contributed by atoms with Gasteiger partial charge in [-0.2, -0.15) is 14.9 Å². The smallest absolute Gasteiger partial charge is 0.403 e. The van der Waals surface area contributed by atoms with Gasteiger partial charge in [-0.15, -0.1) is 18.3 Å². The summed E-state index contributed by atoms with van der Waals surface area (Å²) in [7, 11) is 0. The molecular weight excluding hydrogens is 427 g/mol. The SMILES string of the molecule is N#Cc1cnc2c(NC3CC3)cc(Nc3ccc(OC(F)(F)F)c(-n4cncn4)c3)nn12. The predicted octanol–water partition coefficient (Wildman–Crippen LogP) is 3.40. The van der Waals surface area contributed by atoms with Gasteiger partial charge in [0.2, 0.25) is 0 Å². The minimum absolute atomic E-state index is 0.0302. The van der Waals surface area contributed by atoms with Crippen molar-refractivity contribution in [3.63, 3.8) is 0 Å². The summed E-state index contributed by atoms with van der Waals surface area (Å²) >= 11 is 0. The zero-order valence-electron chi connectivity index (χ0n) is 16.2. The van der Waals surface area contributed by atoms with Crippen molar-refractivity contribution < 1.29 is 17.9 Å². The van der Waals surface area contributed by atoms with Gasteiger partial charge in [0.05, 0.1) is 11.9 Å². The number of alkyl halides is 3. The number of rotatable bonds is 6. The first kappa shape index (κ1) is 19.6. The molecule has 1 aliphatic carbocycles. The molecule has 0 atom stereocenters. The third-order valence-corrected chi connectivity index (χ3v) is 4.64. The van der Waals surface area contributed by atoms with Crippen molar-refractivity contribution >= 4 is 22.8 Å². The molecule has 1 aliphatic rings. The van der Waals surface area contributed by atoms with E-state index in [1.165, 1.54) is 41.6 Å². The second-order valence-corrected chi connectivity index (χ2v) is 7.05. The van der Waals surface area contributed by atoms with Crippen molar-refractivity contribution in [2.45, 2.75) is 25.2 Å². The lowest BCUT2D eigenvalue weighted by Crippen LogP contribution is -2.18. The van der Waals surface area contributed by atoms with Crippen LogP contribution < -0.4 is 15.4 Å². The maximum atomic E-state index is 12.8. The Balaban J connectivity index is 1.53. The van der Waals surface area contributed by atoms with Gasteiger partial charge in [-0.25, -0.2) is 14.6 Å². The highest BCUT2D eigenvalue weighted by atomic mass is 19.4. The molecule has 162 valence electrons. The summed E-state index contributed by atoms with van der Waals surface area (Å²) in [6, 6.07) is 8.11. The molecule has 0 aliphatic heterocycles. The lowest BCUT2D eigenvalue weighted by Gasteiger charge is -2.15. The number of hydrogen-bond acceptors (Lipinski definition) is 8. The lowest BCUT2D eigenvalue weighted by molar-refractivity contribution is -0.274. The van der Waals surface area contributed by atoms with E-state index in [4.69, 9.17) is 0 Å². The quantitative estimate of drug-likeness (QED) is 0.468. The standard InChI is InChI=1S/C19H14F3N9O/c20-19(21,22)32-16-4-3-12(5-15(16)30-10-24-9-26-30)28-17-6-14(27-11-1-2-11)18-25-8-13(7-23)31(18)29-17/h3-6,8-11,27H,1-2H2,(H,28,29). The number of anilines is 3. The molecule has 32 heavy (non-hydrogen) atoms. The number of hydrogen-bond donors (Lipinski definition) is 2. The van der Waals surface area contributed by atoms with E-state index >= 15 is 0 Å². The summed E-state index contributed by atoms with van der Waals surface area (Å²) in [6.07, 6.45) is 1.09. The second-order valence-electron chi connectivity index (χ2n) is 7.05. The van der Waals surface area contributed by atoms with Crippen LogP contribution >= 0.6 is 0 Å². The van der Waals surface area contributed by atoms with Crippen LogP contribution in [0.4, 0.5) is 30.4 Å². The number of imidazole rings is 1. The number of ether oxygens (including phenoxy) is 1. The lowest BCUT2D eigenvalue weighted by atomic mass is 10.2. The highest BCUT2D eigenvalue weighted by Crippen LogP contribution is 2.33. The maximum absolute atomic E-state index is 12.8. The third-order valence-electron chi connectivity index (χ3n) is 4.64. The van der Waals surface area contributed by atoms with Gasteiger partial charge in [0.25, 0.3) is 0 Å². The van der Waals surface area contributed by atoms with Crippen LogP contribution in [0.5, 0.6) is 5.75 Å². The fraction of sp³-hybridized carbons (Fsp3) is 0.211. The summed E-state index contributed by atoms with van der Waals surface area (Å²) in [6.45, 7) is 0. The molecule has 4 aromatic rings. The number of nitrogens with zero attached hydrogens (tertiary/aromatic N) is 7. The summed E-state index contributed by atoms with van der Waals surface area (Å²) in [5.41, 5.74) is 1.91. The van der Waals surface area contributed by atoms with Gasteiger partial charge in [0.1, 0.15) is 24.4 Å². The summed E-state index contributed by atoms with van der Waals surface area (Å²) in [4.78, 5) is 8.03. The fourth-order valence-electron chi connectivity index (χ4n) is 3.13. The topological polar surface area (TPSA) is 118 Å². The van der Waals surface area contributed by atoms with Gasteiger partial charge < -0.3 is 15.4 Å². The first-order chi connectivity index (χ1) is 15.4. The molecule has 0 unspecified atom stereocenters. The van der Waals surface area contributed by atoms with Crippen molar-refractivity contribution in [2.24, 2.45) is 0 Å². The number of fused-ring (bicyclic) bond motifs is 1. The van der Waals surface area contributed by atoms with Gasteiger partial charge in [-0.3, -0.25) is 0 Å². The molecule has 1 fully saturated rings. The van der Waals surface area contributed by atoms with Crippen molar-refractivity contribution in [3.8, 4) is 17.5 Å². The van der Waals surface area contributed by atoms with E-state index in [-0.39, 0.29) is 11.4 Å². The average Bonchev–Trinajstić information content (AvgIpc) is 3.23. The van der Waals surface area contributed by atoms with Crippen molar-refractivity contribution in [2.75, 3.05) is 10.6 Å². The molecule has 2 N–H and O–H groups in total. The maximum Gasteiger partial charge on any atom is 0.573 e. The van der Waals surface area contributed by atoms with Crippen LogP contribution in [-0.4, -0.2) is 41.8 Å². The van der Waals surface area contributed by atoms with Gasteiger partial charge in [0.15, 0.2) is 22.9 Å². The van der Waals surface area contributed by atoms with E-state index in [1.807, 2.05) is 6.07 Å². The molecule has 5 rings (SSSR count). The Labute approximate surface area is 178 Å². The third kappa shape index (κ3) is 3.97. The normalized spacial score (nSPS) is 13.7. The zero-order chi connectivity index (χ0) is 22.3. The number of nitriles is 1. The predicted molar refractivity (Wildman–Crippen MR) is 106 cm³/mol. The van der Waals surface area contributed by atoms with Gasteiger partial charge in [-0.05, 0) is 31.0 Å². The number of halogens is 3.